The van der Waals surface area contributed by atoms with Gasteiger partial charge in [0, 0.05) is 0 Å². The third-order valence-corrected chi connectivity index (χ3v) is 3.67. The summed E-state index contributed by atoms with van der Waals surface area (Å²) in [6.07, 6.45) is -4.66. The summed E-state index contributed by atoms with van der Waals surface area (Å²) in [6.45, 7) is 1.68. The van der Waals surface area contributed by atoms with Crippen molar-refractivity contribution in [3.8, 4) is 5.75 Å². The Morgan fingerprint density at radius 1 is 1.15 bits per heavy atom. The van der Waals surface area contributed by atoms with E-state index in [0.717, 1.165) is 4.57 Å². The minimum absolute atomic E-state index is 0.183. The van der Waals surface area contributed by atoms with Gasteiger partial charge in [-0.25, -0.2) is 4.98 Å². The second-order valence-corrected chi connectivity index (χ2v) is 5.49. The van der Waals surface area contributed by atoms with E-state index in [-0.39, 0.29) is 11.0 Å². The number of nitrogens with zero attached hydrogens (tertiary/aromatic N) is 2. The Morgan fingerprint density at radius 3 is 2.58 bits per heavy atom. The Kier molecular flexibility index (Phi) is 4.83. The molecule has 1 aromatic heterocycles. The van der Waals surface area contributed by atoms with Crippen molar-refractivity contribution in [3.05, 3.63) is 54.4 Å². The fourth-order valence-corrected chi connectivity index (χ4v) is 2.64. The Morgan fingerprint density at radius 2 is 1.85 bits per heavy atom. The number of carbonyl (C=O) groups is 1. The van der Waals surface area contributed by atoms with Gasteiger partial charge in [0.2, 0.25) is 11.7 Å². The third kappa shape index (κ3) is 3.63. The maximum atomic E-state index is 13.3. The summed E-state index contributed by atoms with van der Waals surface area (Å²) in [5.41, 5.74) is 0.827. The number of halogens is 3. The molecule has 3 aromatic rings. The van der Waals surface area contributed by atoms with Crippen LogP contribution >= 0.6 is 0 Å². The van der Waals surface area contributed by atoms with E-state index in [1.807, 2.05) is 0 Å². The Labute approximate surface area is 147 Å². The standard InChI is InChI=1S/C18H16F3N3O2/c1-2-26-15-10-6-4-8-13(15)22-16(25)11-24-14-9-5-3-7-12(14)23-17(24)18(19,20)21/h3-10H,2,11H2,1H3,(H,22,25). The number of amides is 1. The number of ether oxygens (including phenoxy) is 1. The van der Waals surface area contributed by atoms with E-state index in [2.05, 4.69) is 10.3 Å². The highest BCUT2D eigenvalue weighted by atomic mass is 19.4. The van der Waals surface area contributed by atoms with Crippen LogP contribution in [0.1, 0.15) is 12.7 Å². The van der Waals surface area contributed by atoms with Crippen LogP contribution in [0, 0.1) is 0 Å². The molecule has 0 aliphatic heterocycles. The van der Waals surface area contributed by atoms with Crippen molar-refractivity contribution >= 4 is 22.6 Å². The van der Waals surface area contributed by atoms with Gasteiger partial charge < -0.3 is 14.6 Å². The summed E-state index contributed by atoms with van der Waals surface area (Å²) in [6, 6.07) is 12.9. The Hall–Kier alpha value is -3.03. The topological polar surface area (TPSA) is 56.1 Å². The number of anilines is 1. The molecule has 0 bridgehead atoms. The lowest BCUT2D eigenvalue weighted by Crippen LogP contribution is -2.23. The van der Waals surface area contributed by atoms with Crippen LogP contribution in [-0.4, -0.2) is 22.1 Å². The quantitative estimate of drug-likeness (QED) is 0.743. The number of para-hydroxylation sites is 4. The molecule has 0 fully saturated rings. The molecule has 0 unspecified atom stereocenters. The van der Waals surface area contributed by atoms with Crippen LogP contribution in [-0.2, 0) is 17.5 Å². The number of nitrogens with one attached hydrogen (secondary N) is 1. The highest BCUT2D eigenvalue weighted by Gasteiger charge is 2.38. The first kappa shape index (κ1) is 17.8. The van der Waals surface area contributed by atoms with Gasteiger partial charge in [-0.2, -0.15) is 13.2 Å². The van der Waals surface area contributed by atoms with Crippen LogP contribution in [0.15, 0.2) is 48.5 Å². The van der Waals surface area contributed by atoms with Crippen LogP contribution < -0.4 is 10.1 Å². The summed E-state index contributed by atoms with van der Waals surface area (Å²) in [5.74, 6) is -1.26. The van der Waals surface area contributed by atoms with Crippen LogP contribution in [0.4, 0.5) is 18.9 Å². The molecular weight excluding hydrogens is 347 g/mol. The monoisotopic (exact) mass is 363 g/mol. The number of imidazole rings is 1. The van der Waals surface area contributed by atoms with Crippen LogP contribution in [0.5, 0.6) is 5.75 Å². The molecular formula is C18H16F3N3O2. The number of hydrogen-bond donors (Lipinski definition) is 1. The summed E-state index contributed by atoms with van der Waals surface area (Å²) >= 11 is 0. The van der Waals surface area contributed by atoms with Gasteiger partial charge >= 0.3 is 6.18 Å². The second-order valence-electron chi connectivity index (χ2n) is 5.49. The highest BCUT2D eigenvalue weighted by molar-refractivity contribution is 5.93. The van der Waals surface area contributed by atoms with Gasteiger partial charge in [-0.3, -0.25) is 4.79 Å². The predicted molar refractivity (Wildman–Crippen MR) is 91.0 cm³/mol. The smallest absolute Gasteiger partial charge is 0.449 e. The first-order valence-corrected chi connectivity index (χ1v) is 7.94. The van der Waals surface area contributed by atoms with Crippen molar-refractivity contribution in [1.29, 1.82) is 0 Å². The Balaban J connectivity index is 1.90. The lowest BCUT2D eigenvalue weighted by Gasteiger charge is -2.13. The molecule has 26 heavy (non-hydrogen) atoms. The molecule has 0 saturated heterocycles. The van der Waals surface area contributed by atoms with Crippen molar-refractivity contribution in [1.82, 2.24) is 9.55 Å². The molecule has 8 heteroatoms. The van der Waals surface area contributed by atoms with Gasteiger partial charge in [0.05, 0.1) is 23.3 Å². The van der Waals surface area contributed by atoms with E-state index in [1.165, 1.54) is 12.1 Å². The molecule has 1 heterocycles. The summed E-state index contributed by atoms with van der Waals surface area (Å²) in [4.78, 5) is 16.0. The molecule has 0 spiro atoms. The predicted octanol–water partition coefficient (Wildman–Crippen LogP) is 4.09. The van der Waals surface area contributed by atoms with Gasteiger partial charge in [0.1, 0.15) is 12.3 Å². The van der Waals surface area contributed by atoms with Gasteiger partial charge in [-0.1, -0.05) is 24.3 Å². The van der Waals surface area contributed by atoms with Crippen LogP contribution in [0.25, 0.3) is 11.0 Å². The number of hydrogen-bond acceptors (Lipinski definition) is 3. The normalized spacial score (nSPS) is 11.5. The molecule has 1 N–H and O–H groups in total. The van der Waals surface area contributed by atoms with Crippen molar-refractivity contribution < 1.29 is 22.7 Å². The number of rotatable bonds is 5. The van der Waals surface area contributed by atoms with E-state index in [1.54, 1.807) is 43.3 Å². The van der Waals surface area contributed by atoms with Crippen molar-refractivity contribution in [3.63, 3.8) is 0 Å². The van der Waals surface area contributed by atoms with Gasteiger partial charge in [-0.05, 0) is 31.2 Å². The summed E-state index contributed by atoms with van der Waals surface area (Å²) < 4.78 is 46.2. The van der Waals surface area contributed by atoms with E-state index >= 15 is 0 Å². The van der Waals surface area contributed by atoms with Crippen molar-refractivity contribution in [2.24, 2.45) is 0 Å². The average Bonchev–Trinajstić information content (AvgIpc) is 2.96. The zero-order valence-electron chi connectivity index (χ0n) is 13.9. The summed E-state index contributed by atoms with van der Waals surface area (Å²) in [5, 5.41) is 2.60. The molecule has 5 nitrogen and oxygen atoms in total. The van der Waals surface area contributed by atoms with Crippen molar-refractivity contribution in [2.45, 2.75) is 19.6 Å². The minimum Gasteiger partial charge on any atom is -0.492 e. The number of aromatic nitrogens is 2. The second kappa shape index (κ2) is 7.07. The SMILES string of the molecule is CCOc1ccccc1NC(=O)Cn1c(C(F)(F)F)nc2ccccc21. The molecule has 3 rings (SSSR count). The maximum absolute atomic E-state index is 13.3. The minimum atomic E-state index is -4.66. The lowest BCUT2D eigenvalue weighted by molar-refractivity contribution is -0.147. The fourth-order valence-electron chi connectivity index (χ4n) is 2.64. The molecule has 0 atom stereocenters. The maximum Gasteiger partial charge on any atom is 0.449 e. The lowest BCUT2D eigenvalue weighted by atomic mass is 10.3. The van der Waals surface area contributed by atoms with Crippen LogP contribution in [0.2, 0.25) is 0 Å². The average molecular weight is 363 g/mol. The Bertz CT molecular complexity index is 935. The van der Waals surface area contributed by atoms with Gasteiger partial charge in [-0.15, -0.1) is 0 Å². The van der Waals surface area contributed by atoms with Crippen LogP contribution in [0.3, 0.4) is 0 Å². The van der Waals surface area contributed by atoms with E-state index in [0.29, 0.717) is 18.0 Å². The largest absolute Gasteiger partial charge is 0.492 e. The third-order valence-electron chi connectivity index (χ3n) is 3.67. The molecule has 0 radical (unpaired) electrons. The van der Waals surface area contributed by atoms with Gasteiger partial charge in [0.15, 0.2) is 0 Å². The van der Waals surface area contributed by atoms with E-state index in [4.69, 9.17) is 4.74 Å². The number of fused-ring (bicyclic) bond motifs is 1. The number of carbonyl (C=O) groups excluding carboxylic acids is 1. The number of benzene rings is 2. The van der Waals surface area contributed by atoms with Gasteiger partial charge in [0.25, 0.3) is 0 Å². The molecule has 136 valence electrons. The van der Waals surface area contributed by atoms with E-state index in [9.17, 15) is 18.0 Å². The fraction of sp³-hybridized carbons (Fsp3) is 0.222. The molecule has 1 amide bonds. The molecule has 2 aromatic carbocycles. The first-order valence-electron chi connectivity index (χ1n) is 7.94. The summed E-state index contributed by atoms with van der Waals surface area (Å²) in [7, 11) is 0. The van der Waals surface area contributed by atoms with Crippen molar-refractivity contribution in [2.75, 3.05) is 11.9 Å². The zero-order valence-corrected chi connectivity index (χ0v) is 13.9. The van der Waals surface area contributed by atoms with E-state index < -0.39 is 24.5 Å². The first-order chi connectivity index (χ1) is 12.4. The molecule has 0 aliphatic carbocycles. The zero-order chi connectivity index (χ0) is 18.7. The number of alkyl halides is 3. The molecule has 0 saturated carbocycles. The molecule has 0 aliphatic rings. The highest BCUT2D eigenvalue weighted by Crippen LogP contribution is 2.31.